The number of hydrazine groups is 1. The van der Waals surface area contributed by atoms with Gasteiger partial charge in [0.25, 0.3) is 0 Å². The fourth-order valence-electron chi connectivity index (χ4n) is 2.29. The summed E-state index contributed by atoms with van der Waals surface area (Å²) in [5.74, 6) is 6.67. The van der Waals surface area contributed by atoms with Gasteiger partial charge in [0.2, 0.25) is 0 Å². The summed E-state index contributed by atoms with van der Waals surface area (Å²) >= 11 is 0. The zero-order chi connectivity index (χ0) is 13.0. The third-order valence-corrected chi connectivity index (χ3v) is 3.26. The van der Waals surface area contributed by atoms with Gasteiger partial charge in [0.15, 0.2) is 0 Å². The van der Waals surface area contributed by atoms with Crippen molar-refractivity contribution in [3.63, 3.8) is 0 Å². The first-order valence-corrected chi connectivity index (χ1v) is 6.26. The molecule has 0 amide bonds. The Morgan fingerprint density at radius 2 is 2.11 bits per heavy atom. The minimum absolute atomic E-state index is 0.163. The van der Waals surface area contributed by atoms with Gasteiger partial charge in [-0.15, -0.1) is 0 Å². The van der Waals surface area contributed by atoms with Crippen LogP contribution < -0.4 is 11.3 Å². The topological polar surface area (TPSA) is 51.2 Å². The van der Waals surface area contributed by atoms with E-state index in [1.807, 2.05) is 12.1 Å². The number of hydrogen-bond acceptors (Lipinski definition) is 3. The van der Waals surface area contributed by atoms with Crippen LogP contribution in [0, 0.1) is 13.8 Å². The van der Waals surface area contributed by atoms with Crippen molar-refractivity contribution >= 4 is 0 Å². The maximum Gasteiger partial charge on any atom is 0.103 e. The molecule has 96 valence electrons. The summed E-state index contributed by atoms with van der Waals surface area (Å²) in [7, 11) is 0. The van der Waals surface area contributed by atoms with Gasteiger partial charge in [-0.25, -0.2) is 0 Å². The quantitative estimate of drug-likeness (QED) is 0.628. The Hall–Kier alpha value is -1.58. The Balaban J connectivity index is 2.08. The number of nitrogens with two attached hydrogens (primary N) is 1. The minimum Gasteiger partial charge on any atom is -0.469 e. The van der Waals surface area contributed by atoms with Crippen LogP contribution in [0.3, 0.4) is 0 Å². The summed E-state index contributed by atoms with van der Waals surface area (Å²) in [5, 5.41) is 0. The molecule has 2 rings (SSSR count). The van der Waals surface area contributed by atoms with E-state index in [1.165, 1.54) is 16.7 Å². The van der Waals surface area contributed by atoms with Gasteiger partial charge in [0.05, 0.1) is 6.26 Å². The van der Waals surface area contributed by atoms with Crippen molar-refractivity contribution in [1.29, 1.82) is 0 Å². The third-order valence-electron chi connectivity index (χ3n) is 3.26. The van der Waals surface area contributed by atoms with Crippen molar-refractivity contribution in [2.24, 2.45) is 5.84 Å². The van der Waals surface area contributed by atoms with E-state index in [0.29, 0.717) is 0 Å². The molecule has 0 saturated heterocycles. The van der Waals surface area contributed by atoms with Crippen molar-refractivity contribution in [3.05, 3.63) is 59.0 Å². The lowest BCUT2D eigenvalue weighted by atomic mass is 9.96. The number of aryl methyl sites for hydroxylation is 3. The van der Waals surface area contributed by atoms with Crippen LogP contribution >= 0.6 is 0 Å². The summed E-state index contributed by atoms with van der Waals surface area (Å²) in [6.07, 6.45) is 3.51. The molecule has 0 fully saturated rings. The minimum atomic E-state index is 0.163. The molecule has 0 saturated carbocycles. The Kier molecular flexibility index (Phi) is 4.18. The van der Waals surface area contributed by atoms with E-state index < -0.39 is 0 Å². The van der Waals surface area contributed by atoms with Crippen molar-refractivity contribution in [3.8, 4) is 0 Å². The summed E-state index contributed by atoms with van der Waals surface area (Å²) in [6.45, 7) is 4.23. The molecule has 1 atom stereocenters. The van der Waals surface area contributed by atoms with Crippen LogP contribution in [0.25, 0.3) is 0 Å². The molecule has 3 N–H and O–H groups in total. The van der Waals surface area contributed by atoms with Gasteiger partial charge in [0.1, 0.15) is 5.76 Å². The van der Waals surface area contributed by atoms with E-state index in [1.54, 1.807) is 6.26 Å². The number of furan rings is 1. The Bertz CT molecular complexity index is 491. The first-order valence-electron chi connectivity index (χ1n) is 6.26. The highest BCUT2D eigenvalue weighted by Gasteiger charge is 2.12. The summed E-state index contributed by atoms with van der Waals surface area (Å²) in [6, 6.07) is 10.5. The van der Waals surface area contributed by atoms with E-state index in [4.69, 9.17) is 10.3 Å². The average molecular weight is 244 g/mol. The summed E-state index contributed by atoms with van der Waals surface area (Å²) < 4.78 is 5.35. The highest BCUT2D eigenvalue weighted by Crippen LogP contribution is 2.22. The fourth-order valence-corrected chi connectivity index (χ4v) is 2.29. The zero-order valence-corrected chi connectivity index (χ0v) is 10.9. The molecular formula is C15H20N2O. The van der Waals surface area contributed by atoms with E-state index in [2.05, 4.69) is 37.5 Å². The Morgan fingerprint density at radius 3 is 2.72 bits per heavy atom. The van der Waals surface area contributed by atoms with Crippen LogP contribution in [0.1, 0.15) is 34.9 Å². The number of benzene rings is 1. The van der Waals surface area contributed by atoms with Crippen molar-refractivity contribution in [2.45, 2.75) is 32.7 Å². The monoisotopic (exact) mass is 244 g/mol. The predicted octanol–water partition coefficient (Wildman–Crippen LogP) is 3.03. The van der Waals surface area contributed by atoms with Gasteiger partial charge < -0.3 is 4.42 Å². The maximum absolute atomic E-state index is 5.67. The zero-order valence-electron chi connectivity index (χ0n) is 10.9. The Morgan fingerprint density at radius 1 is 1.28 bits per heavy atom. The van der Waals surface area contributed by atoms with Crippen molar-refractivity contribution in [1.82, 2.24) is 5.43 Å². The van der Waals surface area contributed by atoms with Crippen molar-refractivity contribution in [2.75, 3.05) is 0 Å². The second kappa shape index (κ2) is 5.85. The van der Waals surface area contributed by atoms with Gasteiger partial charge in [-0.3, -0.25) is 11.3 Å². The second-order valence-corrected chi connectivity index (χ2v) is 4.70. The van der Waals surface area contributed by atoms with Crippen LogP contribution in [-0.2, 0) is 6.42 Å². The summed E-state index contributed by atoms with van der Waals surface area (Å²) in [5.41, 5.74) is 6.71. The standard InChI is InChI=1S/C15H20N2O/c1-11-5-7-14(12(2)10-11)15(17-16)8-6-13-4-3-9-18-13/h3-5,7,9-10,15,17H,6,8,16H2,1-2H3. The van der Waals surface area contributed by atoms with Crippen LogP contribution in [-0.4, -0.2) is 0 Å². The lowest BCUT2D eigenvalue weighted by Crippen LogP contribution is -2.29. The molecule has 2 aromatic rings. The number of nitrogens with one attached hydrogen (secondary N) is 1. The molecule has 0 spiro atoms. The van der Waals surface area contributed by atoms with Crippen LogP contribution in [0.5, 0.6) is 0 Å². The SMILES string of the molecule is Cc1ccc(C(CCc2ccco2)NN)c(C)c1. The third kappa shape index (κ3) is 3.00. The normalized spacial score (nSPS) is 12.6. The predicted molar refractivity (Wildman–Crippen MR) is 73.0 cm³/mol. The number of rotatable bonds is 5. The van der Waals surface area contributed by atoms with E-state index >= 15 is 0 Å². The molecular weight excluding hydrogens is 224 g/mol. The molecule has 0 aliphatic rings. The highest BCUT2D eigenvalue weighted by molar-refractivity contribution is 5.32. The molecule has 1 aromatic carbocycles. The van der Waals surface area contributed by atoms with Gasteiger partial charge in [-0.1, -0.05) is 23.8 Å². The van der Waals surface area contributed by atoms with Gasteiger partial charge in [-0.2, -0.15) is 0 Å². The van der Waals surface area contributed by atoms with Crippen LogP contribution in [0.15, 0.2) is 41.0 Å². The molecule has 0 radical (unpaired) electrons. The molecule has 1 unspecified atom stereocenters. The molecule has 3 heteroatoms. The molecule has 1 heterocycles. The van der Waals surface area contributed by atoms with Crippen LogP contribution in [0.4, 0.5) is 0 Å². The largest absolute Gasteiger partial charge is 0.469 e. The van der Waals surface area contributed by atoms with Gasteiger partial charge in [0, 0.05) is 12.5 Å². The summed E-state index contributed by atoms with van der Waals surface area (Å²) in [4.78, 5) is 0. The maximum atomic E-state index is 5.67. The van der Waals surface area contributed by atoms with Gasteiger partial charge >= 0.3 is 0 Å². The second-order valence-electron chi connectivity index (χ2n) is 4.70. The molecule has 18 heavy (non-hydrogen) atoms. The number of hydrogen-bond donors (Lipinski definition) is 2. The molecule has 0 aliphatic heterocycles. The van der Waals surface area contributed by atoms with E-state index in [9.17, 15) is 0 Å². The van der Waals surface area contributed by atoms with Gasteiger partial charge in [-0.05, 0) is 43.5 Å². The molecule has 0 bridgehead atoms. The lowest BCUT2D eigenvalue weighted by molar-refractivity contribution is 0.457. The first-order chi connectivity index (χ1) is 8.70. The fraction of sp³-hybridized carbons (Fsp3) is 0.333. The smallest absolute Gasteiger partial charge is 0.103 e. The average Bonchev–Trinajstić information content (AvgIpc) is 2.85. The van der Waals surface area contributed by atoms with Crippen molar-refractivity contribution < 1.29 is 4.42 Å². The lowest BCUT2D eigenvalue weighted by Gasteiger charge is -2.18. The first kappa shape index (κ1) is 12.9. The highest BCUT2D eigenvalue weighted by atomic mass is 16.3. The molecule has 0 aliphatic carbocycles. The molecule has 1 aromatic heterocycles. The van der Waals surface area contributed by atoms with E-state index in [-0.39, 0.29) is 6.04 Å². The molecule has 3 nitrogen and oxygen atoms in total. The van der Waals surface area contributed by atoms with E-state index in [0.717, 1.165) is 18.6 Å². The van der Waals surface area contributed by atoms with Crippen LogP contribution in [0.2, 0.25) is 0 Å². The Labute approximate surface area is 108 Å².